The molecule has 0 aliphatic carbocycles. The number of carbonyl (C=O) groups excluding carboxylic acids is 1. The van der Waals surface area contributed by atoms with Crippen LogP contribution in [0.25, 0.3) is 0 Å². The first-order valence-corrected chi connectivity index (χ1v) is 10.7. The van der Waals surface area contributed by atoms with Crippen LogP contribution in [0.4, 0.5) is 18.9 Å². The summed E-state index contributed by atoms with van der Waals surface area (Å²) in [6.07, 6.45) is 2.05. The number of aliphatic imine (C=N–C) groups is 1. The van der Waals surface area contributed by atoms with Gasteiger partial charge in [0.1, 0.15) is 23.7 Å². The molecular formula is C20H20F3N5O3S. The normalized spacial score (nSPS) is 24.9. The Labute approximate surface area is 185 Å². The summed E-state index contributed by atoms with van der Waals surface area (Å²) in [5.74, 6) is -0.841. The highest BCUT2D eigenvalue weighted by molar-refractivity contribution is 8.13. The van der Waals surface area contributed by atoms with E-state index in [9.17, 15) is 18.0 Å². The number of amides is 1. The van der Waals surface area contributed by atoms with Crippen molar-refractivity contribution in [3.63, 3.8) is 0 Å². The summed E-state index contributed by atoms with van der Waals surface area (Å²) in [6, 6.07) is 4.09. The van der Waals surface area contributed by atoms with Gasteiger partial charge in [0.2, 0.25) is 12.7 Å². The summed E-state index contributed by atoms with van der Waals surface area (Å²) in [4.78, 5) is 24.7. The van der Waals surface area contributed by atoms with Crippen LogP contribution in [-0.2, 0) is 10.3 Å². The summed E-state index contributed by atoms with van der Waals surface area (Å²) < 4.78 is 50.5. The molecule has 4 rings (SSSR count). The number of benzene rings is 1. The number of carbonyl (C=O) groups is 1. The third-order valence-electron chi connectivity index (χ3n) is 5.43. The number of alkyl halides is 2. The summed E-state index contributed by atoms with van der Waals surface area (Å²) in [5.41, 5.74) is 5.30. The number of nitrogens with one attached hydrogen (secondary N) is 1. The average molecular weight is 467 g/mol. The summed E-state index contributed by atoms with van der Waals surface area (Å²) in [6.45, 7) is -1.73. The molecule has 3 heterocycles. The smallest absolute Gasteiger partial charge is 0.275 e. The number of aromatic nitrogens is 2. The van der Waals surface area contributed by atoms with Gasteiger partial charge in [-0.2, -0.15) is 0 Å². The van der Waals surface area contributed by atoms with Crippen molar-refractivity contribution in [2.45, 2.75) is 18.1 Å². The first kappa shape index (κ1) is 22.3. The Morgan fingerprint density at radius 2 is 2.19 bits per heavy atom. The molecule has 0 radical (unpaired) electrons. The monoisotopic (exact) mass is 467 g/mol. The maximum atomic E-state index is 15.0. The molecule has 2 aliphatic heterocycles. The van der Waals surface area contributed by atoms with Crippen LogP contribution in [0.5, 0.6) is 5.88 Å². The van der Waals surface area contributed by atoms with Crippen molar-refractivity contribution < 1.29 is 27.4 Å². The van der Waals surface area contributed by atoms with Crippen LogP contribution in [0.15, 0.2) is 35.6 Å². The molecule has 32 heavy (non-hydrogen) atoms. The number of rotatable bonds is 6. The van der Waals surface area contributed by atoms with Crippen molar-refractivity contribution in [3.8, 4) is 5.88 Å². The maximum absolute atomic E-state index is 15.0. The van der Waals surface area contributed by atoms with E-state index < -0.39 is 36.9 Å². The van der Waals surface area contributed by atoms with Crippen molar-refractivity contribution in [3.05, 3.63) is 47.7 Å². The number of ether oxygens (including phenoxy) is 2. The topological polar surface area (TPSA) is 112 Å². The number of nitrogens with two attached hydrogens (primary N) is 1. The number of thioether (sulfide) groups is 1. The van der Waals surface area contributed by atoms with Crippen LogP contribution in [0.2, 0.25) is 0 Å². The lowest BCUT2D eigenvalue weighted by Crippen LogP contribution is -2.50. The van der Waals surface area contributed by atoms with E-state index in [4.69, 9.17) is 10.5 Å². The van der Waals surface area contributed by atoms with Crippen molar-refractivity contribution in [2.75, 3.05) is 31.2 Å². The molecular weight excluding hydrogens is 447 g/mol. The van der Waals surface area contributed by atoms with Crippen molar-refractivity contribution >= 4 is 28.5 Å². The summed E-state index contributed by atoms with van der Waals surface area (Å²) in [5, 5.41) is 2.93. The molecule has 2 aliphatic rings. The molecule has 1 saturated heterocycles. The zero-order valence-corrected chi connectivity index (χ0v) is 17.6. The minimum Gasteiger partial charge on any atom is -0.445 e. The molecule has 0 bridgehead atoms. The highest BCUT2D eigenvalue weighted by Gasteiger charge is 2.49. The predicted molar refractivity (Wildman–Crippen MR) is 113 cm³/mol. The largest absolute Gasteiger partial charge is 0.445 e. The van der Waals surface area contributed by atoms with Gasteiger partial charge >= 0.3 is 0 Å². The predicted octanol–water partition coefficient (Wildman–Crippen LogP) is 2.81. The fourth-order valence-electron chi connectivity index (χ4n) is 3.85. The first-order valence-electron chi connectivity index (χ1n) is 9.73. The molecule has 1 amide bonds. The molecule has 3 atom stereocenters. The molecule has 2 aromatic rings. The van der Waals surface area contributed by atoms with Crippen molar-refractivity contribution in [2.24, 2.45) is 16.6 Å². The Hall–Kier alpha value is -2.86. The zero-order valence-electron chi connectivity index (χ0n) is 16.8. The van der Waals surface area contributed by atoms with E-state index in [1.54, 1.807) is 0 Å². The first-order chi connectivity index (χ1) is 15.4. The standard InChI is InChI=1S/C20H20F3N5O3S/c21-5-13-3-11-8-32-19(24)28-20(11,9-30-13)14-4-12(1-2-15(14)23)27-18(29)16-6-26-17(7-25-16)31-10-22/h1-2,4,6-7,11,13H,3,5,8-10H2,(H2,24,28)(H,27,29)/t11-,13+,20-/m0/s1. The molecule has 3 N–H and O–H groups in total. The molecule has 170 valence electrons. The van der Waals surface area contributed by atoms with Gasteiger partial charge in [0.05, 0.1) is 25.1 Å². The van der Waals surface area contributed by atoms with Crippen LogP contribution in [0.3, 0.4) is 0 Å². The lowest BCUT2D eigenvalue weighted by atomic mass is 9.75. The molecule has 1 fully saturated rings. The van der Waals surface area contributed by atoms with E-state index in [0.29, 0.717) is 23.0 Å². The number of amidine groups is 1. The Morgan fingerprint density at radius 3 is 2.91 bits per heavy atom. The van der Waals surface area contributed by atoms with E-state index >= 15 is 0 Å². The van der Waals surface area contributed by atoms with E-state index in [0.717, 1.165) is 12.4 Å². The van der Waals surface area contributed by atoms with Crippen LogP contribution in [-0.4, -0.2) is 53.0 Å². The van der Waals surface area contributed by atoms with E-state index in [1.807, 2.05) is 0 Å². The van der Waals surface area contributed by atoms with Crippen LogP contribution >= 0.6 is 11.8 Å². The number of hydrogen-bond donors (Lipinski definition) is 2. The molecule has 8 nitrogen and oxygen atoms in total. The van der Waals surface area contributed by atoms with E-state index in [-0.39, 0.29) is 29.7 Å². The second-order valence-corrected chi connectivity index (χ2v) is 8.39. The number of halogens is 3. The van der Waals surface area contributed by atoms with Crippen LogP contribution in [0.1, 0.15) is 22.5 Å². The van der Waals surface area contributed by atoms with E-state index in [1.165, 1.54) is 30.0 Å². The van der Waals surface area contributed by atoms with Crippen LogP contribution in [0, 0.1) is 11.7 Å². The van der Waals surface area contributed by atoms with Gasteiger partial charge in [0, 0.05) is 22.9 Å². The minimum atomic E-state index is -1.11. The second kappa shape index (κ2) is 9.33. The van der Waals surface area contributed by atoms with Crippen LogP contribution < -0.4 is 15.8 Å². The van der Waals surface area contributed by atoms with E-state index in [2.05, 4.69) is 25.0 Å². The summed E-state index contributed by atoms with van der Waals surface area (Å²) >= 11 is 1.34. The third kappa shape index (κ3) is 4.37. The van der Waals surface area contributed by atoms with Gasteiger partial charge in [-0.25, -0.2) is 28.1 Å². The Kier molecular flexibility index (Phi) is 6.51. The lowest BCUT2D eigenvalue weighted by Gasteiger charge is -2.46. The molecule has 1 aromatic carbocycles. The molecule has 0 unspecified atom stereocenters. The number of hydrogen-bond acceptors (Lipinski definition) is 8. The number of nitrogens with zero attached hydrogens (tertiary/aromatic N) is 3. The molecule has 0 saturated carbocycles. The zero-order chi connectivity index (χ0) is 22.7. The van der Waals surface area contributed by atoms with Gasteiger partial charge in [0.25, 0.3) is 5.91 Å². The fraction of sp³-hybridized carbons (Fsp3) is 0.400. The number of fused-ring (bicyclic) bond motifs is 1. The minimum absolute atomic E-state index is 0.0245. The van der Waals surface area contributed by atoms with Crippen molar-refractivity contribution in [1.29, 1.82) is 0 Å². The molecule has 12 heteroatoms. The Balaban J connectivity index is 1.62. The highest BCUT2D eigenvalue weighted by atomic mass is 32.2. The van der Waals surface area contributed by atoms with Gasteiger partial charge < -0.3 is 20.5 Å². The molecule has 0 spiro atoms. The van der Waals surface area contributed by atoms with Gasteiger partial charge in [-0.15, -0.1) is 0 Å². The van der Waals surface area contributed by atoms with Gasteiger partial charge in [-0.1, -0.05) is 11.8 Å². The Morgan fingerprint density at radius 1 is 1.34 bits per heavy atom. The van der Waals surface area contributed by atoms with Gasteiger partial charge in [-0.05, 0) is 24.6 Å². The van der Waals surface area contributed by atoms with Gasteiger partial charge in [0.15, 0.2) is 5.17 Å². The average Bonchev–Trinajstić information content (AvgIpc) is 2.80. The fourth-order valence-corrected chi connectivity index (χ4v) is 4.86. The summed E-state index contributed by atoms with van der Waals surface area (Å²) in [7, 11) is 0. The molecule has 1 aromatic heterocycles. The van der Waals surface area contributed by atoms with Crippen molar-refractivity contribution in [1.82, 2.24) is 9.97 Å². The highest BCUT2D eigenvalue weighted by Crippen LogP contribution is 2.47. The third-order valence-corrected chi connectivity index (χ3v) is 6.39. The SMILES string of the molecule is NC1=N[C@@]2(c3cc(NC(=O)c4cnc(OCF)cn4)ccc3F)CO[C@@H](CF)C[C@H]2CS1. The maximum Gasteiger partial charge on any atom is 0.275 e. The quantitative estimate of drug-likeness (QED) is 0.672. The number of anilines is 1. The van der Waals surface area contributed by atoms with Gasteiger partial charge in [-0.3, -0.25) is 4.79 Å². The Bertz CT molecular complexity index is 1030. The lowest BCUT2D eigenvalue weighted by molar-refractivity contribution is -0.0652. The second-order valence-electron chi connectivity index (χ2n) is 7.35.